The molecule has 2 fully saturated rings. The number of amides is 1. The molecule has 1 heterocycles. The maximum Gasteiger partial charge on any atom is 0.410 e. The fourth-order valence-electron chi connectivity index (χ4n) is 3.73. The number of hydrogen-bond acceptors (Lipinski definition) is 6. The summed E-state index contributed by atoms with van der Waals surface area (Å²) in [6, 6.07) is -0.257. The summed E-state index contributed by atoms with van der Waals surface area (Å²) in [7, 11) is -4.36. The van der Waals surface area contributed by atoms with Crippen molar-refractivity contribution in [3.63, 3.8) is 0 Å². The van der Waals surface area contributed by atoms with Crippen LogP contribution in [0.3, 0.4) is 0 Å². The Balaban J connectivity index is 2.24. The third-order valence-electron chi connectivity index (χ3n) is 5.26. The van der Waals surface area contributed by atoms with Crippen molar-refractivity contribution in [3.8, 4) is 0 Å². The van der Waals surface area contributed by atoms with Crippen molar-refractivity contribution in [2.45, 2.75) is 96.6 Å². The first kappa shape index (κ1) is 23.6. The second kappa shape index (κ2) is 7.25. The molecule has 0 aromatic carbocycles. The van der Waals surface area contributed by atoms with Crippen LogP contribution in [0.5, 0.6) is 0 Å². The van der Waals surface area contributed by atoms with Gasteiger partial charge < -0.3 is 9.16 Å². The fourth-order valence-corrected chi connectivity index (χ4v) is 5.17. The summed E-state index contributed by atoms with van der Waals surface area (Å²) in [5.74, 6) is 0. The van der Waals surface area contributed by atoms with Crippen LogP contribution in [-0.4, -0.2) is 65.3 Å². The van der Waals surface area contributed by atoms with Crippen LogP contribution < -0.4 is 0 Å². The van der Waals surface area contributed by atoms with Crippen LogP contribution >= 0.6 is 0 Å². The largest absolute Gasteiger partial charge is 0.444 e. The Kier molecular flexibility index (Phi) is 6.12. The Bertz CT molecular complexity index is 709. The number of piperidine rings is 1. The van der Waals surface area contributed by atoms with Crippen molar-refractivity contribution < 1.29 is 26.6 Å². The molecule has 9 heteroatoms. The molecule has 0 bridgehead atoms. The maximum atomic E-state index is 13.0. The van der Waals surface area contributed by atoms with Gasteiger partial charge in [0.2, 0.25) is 0 Å². The lowest BCUT2D eigenvalue weighted by atomic mass is 9.90. The van der Waals surface area contributed by atoms with E-state index in [0.29, 0.717) is 6.42 Å². The smallest absolute Gasteiger partial charge is 0.410 e. The quantitative estimate of drug-likeness (QED) is 0.471. The lowest BCUT2D eigenvalue weighted by molar-refractivity contribution is -0.0209. The van der Waals surface area contributed by atoms with Crippen LogP contribution in [0.1, 0.15) is 68.2 Å². The van der Waals surface area contributed by atoms with Gasteiger partial charge in [-0.05, 0) is 52.5 Å². The second-order valence-electron chi connectivity index (χ2n) is 11.1. The van der Waals surface area contributed by atoms with Crippen molar-refractivity contribution in [2.75, 3.05) is 12.9 Å². The standard InChI is InChI=1S/C19H37NO6SSi/c1-16(2,3)25-15(21)20-13(18(7,8)26-28-17(4,5)6)10-19(11-14(19)20)12-24-27(9,22)23/h13-14H,10-12,28H2,1-9H3/t13-,14+,19-/m0/s1. The Morgan fingerprint density at radius 1 is 1.11 bits per heavy atom. The molecule has 1 aliphatic carbocycles. The van der Waals surface area contributed by atoms with Crippen molar-refractivity contribution in [1.82, 2.24) is 4.90 Å². The normalized spacial score (nSPS) is 28.7. The van der Waals surface area contributed by atoms with Gasteiger partial charge in [0.1, 0.15) is 5.60 Å². The molecule has 0 unspecified atom stereocenters. The van der Waals surface area contributed by atoms with Crippen molar-refractivity contribution in [2.24, 2.45) is 5.41 Å². The highest BCUT2D eigenvalue weighted by Crippen LogP contribution is 2.61. The van der Waals surface area contributed by atoms with Crippen LogP contribution in [0.2, 0.25) is 5.04 Å². The summed E-state index contributed by atoms with van der Waals surface area (Å²) in [5, 5.41) is 0.132. The fraction of sp³-hybridized carbons (Fsp3) is 0.947. The van der Waals surface area contributed by atoms with E-state index in [9.17, 15) is 13.2 Å². The SMILES string of the molecule is CC(C)(C)OC(=O)N1[C@H](C(C)(C)O[SiH2]C(C)(C)C)C[C@@]2(COS(C)(=O)=O)C[C@@H]12. The lowest BCUT2D eigenvalue weighted by Crippen LogP contribution is -2.53. The van der Waals surface area contributed by atoms with Gasteiger partial charge in [0.25, 0.3) is 10.1 Å². The monoisotopic (exact) mass is 435 g/mol. The molecular weight excluding hydrogens is 398 g/mol. The lowest BCUT2D eigenvalue weighted by Gasteiger charge is -2.41. The molecule has 7 nitrogen and oxygen atoms in total. The van der Waals surface area contributed by atoms with Gasteiger partial charge in [-0.2, -0.15) is 8.42 Å². The van der Waals surface area contributed by atoms with Crippen LogP contribution in [0.15, 0.2) is 0 Å². The molecule has 0 N–H and O–H groups in total. The molecule has 1 aliphatic heterocycles. The Hall–Kier alpha value is -0.643. The average molecular weight is 436 g/mol. The molecular formula is C19H37NO6SSi. The van der Waals surface area contributed by atoms with E-state index < -0.39 is 31.1 Å². The van der Waals surface area contributed by atoms with Crippen LogP contribution in [0, 0.1) is 5.41 Å². The average Bonchev–Trinajstić information content (AvgIpc) is 3.05. The zero-order valence-corrected chi connectivity index (χ0v) is 21.0. The van der Waals surface area contributed by atoms with Gasteiger partial charge in [0, 0.05) is 11.5 Å². The Morgan fingerprint density at radius 3 is 2.14 bits per heavy atom. The molecule has 1 amide bonds. The third-order valence-corrected chi connectivity index (χ3v) is 7.56. The molecule has 0 spiro atoms. The van der Waals surface area contributed by atoms with Crippen LogP contribution in [0.25, 0.3) is 0 Å². The number of likely N-dealkylation sites (tertiary alicyclic amines) is 1. The zero-order chi connectivity index (χ0) is 21.8. The van der Waals surface area contributed by atoms with E-state index >= 15 is 0 Å². The summed E-state index contributed by atoms with van der Waals surface area (Å²) in [4.78, 5) is 14.8. The molecule has 0 aromatic rings. The van der Waals surface area contributed by atoms with E-state index in [1.54, 1.807) is 4.90 Å². The highest BCUT2D eigenvalue weighted by atomic mass is 32.2. The van der Waals surface area contributed by atoms with Gasteiger partial charge in [-0.15, -0.1) is 0 Å². The van der Waals surface area contributed by atoms with E-state index in [1.165, 1.54) is 0 Å². The Labute approximate surface area is 172 Å². The minimum absolute atomic E-state index is 0.0757. The van der Waals surface area contributed by atoms with Gasteiger partial charge in [0.05, 0.1) is 24.5 Å². The number of ether oxygens (including phenoxy) is 1. The predicted molar refractivity (Wildman–Crippen MR) is 112 cm³/mol. The first-order chi connectivity index (χ1) is 12.4. The van der Waals surface area contributed by atoms with E-state index in [4.69, 9.17) is 13.3 Å². The summed E-state index contributed by atoms with van der Waals surface area (Å²) in [5.41, 5.74) is -1.48. The summed E-state index contributed by atoms with van der Waals surface area (Å²) >= 11 is 0. The summed E-state index contributed by atoms with van der Waals surface area (Å²) in [6.07, 6.45) is 2.07. The molecule has 2 rings (SSSR count). The topological polar surface area (TPSA) is 82.1 Å². The molecule has 1 saturated carbocycles. The summed E-state index contributed by atoms with van der Waals surface area (Å²) < 4.78 is 40.2. The Morgan fingerprint density at radius 2 is 1.68 bits per heavy atom. The highest BCUT2D eigenvalue weighted by Gasteiger charge is 2.69. The number of rotatable bonds is 6. The molecule has 2 aliphatic rings. The molecule has 0 aromatic heterocycles. The van der Waals surface area contributed by atoms with E-state index in [-0.39, 0.29) is 35.2 Å². The number of carbonyl (C=O) groups is 1. The van der Waals surface area contributed by atoms with Gasteiger partial charge in [-0.25, -0.2) is 4.79 Å². The minimum Gasteiger partial charge on any atom is -0.444 e. The summed E-state index contributed by atoms with van der Waals surface area (Å²) in [6.45, 7) is 16.1. The second-order valence-corrected chi connectivity index (χ2v) is 15.5. The van der Waals surface area contributed by atoms with Gasteiger partial charge in [-0.3, -0.25) is 9.08 Å². The number of nitrogens with zero attached hydrogens (tertiary/aromatic N) is 1. The third kappa shape index (κ3) is 5.93. The molecule has 1 saturated heterocycles. The molecule has 3 atom stereocenters. The van der Waals surface area contributed by atoms with Gasteiger partial charge in [-0.1, -0.05) is 20.8 Å². The first-order valence-corrected chi connectivity index (χ1v) is 13.0. The zero-order valence-electron chi connectivity index (χ0n) is 18.8. The van der Waals surface area contributed by atoms with E-state index in [1.807, 2.05) is 34.6 Å². The van der Waals surface area contributed by atoms with Crippen molar-refractivity contribution in [1.29, 1.82) is 0 Å². The van der Waals surface area contributed by atoms with Crippen molar-refractivity contribution >= 4 is 26.0 Å². The van der Waals surface area contributed by atoms with Crippen molar-refractivity contribution in [3.05, 3.63) is 0 Å². The number of carbonyl (C=O) groups excluding carboxylic acids is 1. The van der Waals surface area contributed by atoms with Gasteiger partial charge in [0.15, 0.2) is 9.76 Å². The minimum atomic E-state index is -3.53. The van der Waals surface area contributed by atoms with Crippen LogP contribution in [0.4, 0.5) is 4.79 Å². The van der Waals surface area contributed by atoms with E-state index in [2.05, 4.69) is 20.8 Å². The molecule has 0 radical (unpaired) electrons. The number of hydrogen-bond donors (Lipinski definition) is 0. The molecule has 28 heavy (non-hydrogen) atoms. The number of fused-ring (bicyclic) bond motifs is 1. The highest BCUT2D eigenvalue weighted by molar-refractivity contribution is 7.85. The predicted octanol–water partition coefficient (Wildman–Crippen LogP) is 2.83. The maximum absolute atomic E-state index is 13.0. The van der Waals surface area contributed by atoms with E-state index in [0.717, 1.165) is 12.7 Å². The van der Waals surface area contributed by atoms with Crippen LogP contribution in [-0.2, 0) is 23.5 Å². The van der Waals surface area contributed by atoms with Gasteiger partial charge >= 0.3 is 6.09 Å². The first-order valence-electron chi connectivity index (χ1n) is 9.85. The molecule has 164 valence electrons.